The summed E-state index contributed by atoms with van der Waals surface area (Å²) >= 11 is 0. The van der Waals surface area contributed by atoms with E-state index in [9.17, 15) is 5.11 Å². The van der Waals surface area contributed by atoms with E-state index < -0.39 is 6.10 Å². The molecule has 1 fully saturated rings. The van der Waals surface area contributed by atoms with Crippen LogP contribution in [0, 0.1) is 0 Å². The Hall–Kier alpha value is -0.870. The fraction of sp³-hybridized carbons (Fsp3) is 0.700. The predicted octanol–water partition coefficient (Wildman–Crippen LogP) is 0.939. The fourth-order valence-corrected chi connectivity index (χ4v) is 1.85. The number of hydrogen-bond acceptors (Lipinski definition) is 3. The van der Waals surface area contributed by atoms with Gasteiger partial charge in [-0.1, -0.05) is 13.8 Å². The molecule has 1 N–H and O–H groups in total. The molecule has 14 heavy (non-hydrogen) atoms. The number of aliphatic hydroxyl groups is 1. The maximum atomic E-state index is 9.69. The Morgan fingerprint density at radius 3 is 2.93 bits per heavy atom. The number of aliphatic hydroxyl groups excluding tert-OH is 1. The van der Waals surface area contributed by atoms with Crippen LogP contribution in [-0.4, -0.2) is 34.0 Å². The van der Waals surface area contributed by atoms with Crippen LogP contribution in [-0.2, 0) is 4.74 Å². The van der Waals surface area contributed by atoms with Crippen LogP contribution in [0.5, 0.6) is 0 Å². The first-order chi connectivity index (χ1) is 6.70. The van der Waals surface area contributed by atoms with E-state index in [4.69, 9.17) is 4.74 Å². The molecule has 0 bridgehead atoms. The van der Waals surface area contributed by atoms with Crippen LogP contribution in [0.25, 0.3) is 0 Å². The molecule has 1 aliphatic heterocycles. The molecule has 2 heterocycles. The molecule has 1 aliphatic rings. The number of aromatic nitrogens is 2. The van der Waals surface area contributed by atoms with E-state index >= 15 is 0 Å². The second-order valence-electron chi connectivity index (χ2n) is 4.02. The third-order valence-corrected chi connectivity index (χ3v) is 2.59. The third-order valence-electron chi connectivity index (χ3n) is 2.59. The van der Waals surface area contributed by atoms with Crippen LogP contribution in [0.2, 0.25) is 0 Å². The van der Waals surface area contributed by atoms with E-state index in [0.717, 1.165) is 5.82 Å². The van der Waals surface area contributed by atoms with Crippen LogP contribution in [0.4, 0.5) is 0 Å². The molecule has 2 rings (SSSR count). The summed E-state index contributed by atoms with van der Waals surface area (Å²) in [7, 11) is 0. The lowest BCUT2D eigenvalue weighted by molar-refractivity contribution is 0.119. The van der Waals surface area contributed by atoms with Gasteiger partial charge in [0.1, 0.15) is 11.9 Å². The minimum Gasteiger partial charge on any atom is -0.388 e. The normalized spacial score (nSPS) is 27.4. The molecule has 0 radical (unpaired) electrons. The van der Waals surface area contributed by atoms with Crippen molar-refractivity contribution in [3.63, 3.8) is 0 Å². The Bertz CT molecular complexity index is 309. The molecule has 1 aromatic rings. The van der Waals surface area contributed by atoms with Crippen molar-refractivity contribution < 1.29 is 9.84 Å². The van der Waals surface area contributed by atoms with Crippen LogP contribution in [0.1, 0.15) is 31.6 Å². The molecular weight excluding hydrogens is 180 g/mol. The molecule has 0 saturated carbocycles. The van der Waals surface area contributed by atoms with Crippen LogP contribution in [0.15, 0.2) is 12.4 Å². The molecule has 4 heteroatoms. The van der Waals surface area contributed by atoms with Crippen LogP contribution in [0.3, 0.4) is 0 Å². The first kappa shape index (κ1) is 9.68. The minimum absolute atomic E-state index is 0.0369. The molecule has 0 spiro atoms. The molecule has 0 aromatic carbocycles. The van der Waals surface area contributed by atoms with Crippen molar-refractivity contribution in [3.05, 3.63) is 18.2 Å². The zero-order valence-electron chi connectivity index (χ0n) is 8.55. The topological polar surface area (TPSA) is 47.3 Å². The average Bonchev–Trinajstić information content (AvgIpc) is 2.70. The van der Waals surface area contributed by atoms with Gasteiger partial charge in [0.15, 0.2) is 0 Å². The first-order valence-electron chi connectivity index (χ1n) is 4.98. The highest BCUT2D eigenvalue weighted by Gasteiger charge is 2.29. The zero-order valence-corrected chi connectivity index (χ0v) is 8.55. The summed E-state index contributed by atoms with van der Waals surface area (Å²) in [5, 5.41) is 9.69. The Morgan fingerprint density at radius 2 is 2.36 bits per heavy atom. The molecule has 78 valence electrons. The number of ether oxygens (including phenoxy) is 1. The van der Waals surface area contributed by atoms with Gasteiger partial charge in [0.2, 0.25) is 0 Å². The summed E-state index contributed by atoms with van der Waals surface area (Å²) in [5.41, 5.74) is 0. The van der Waals surface area contributed by atoms with Gasteiger partial charge in [0.25, 0.3) is 0 Å². The first-order valence-corrected chi connectivity index (χ1v) is 4.98. The monoisotopic (exact) mass is 196 g/mol. The van der Waals surface area contributed by atoms with Crippen molar-refractivity contribution in [2.24, 2.45) is 0 Å². The quantitative estimate of drug-likeness (QED) is 0.765. The van der Waals surface area contributed by atoms with E-state index in [-0.39, 0.29) is 6.04 Å². The largest absolute Gasteiger partial charge is 0.388 e. The Kier molecular flexibility index (Phi) is 2.56. The molecule has 1 saturated heterocycles. The lowest BCUT2D eigenvalue weighted by Gasteiger charge is -2.18. The molecule has 0 aliphatic carbocycles. The van der Waals surface area contributed by atoms with E-state index in [1.807, 2.05) is 10.8 Å². The van der Waals surface area contributed by atoms with Gasteiger partial charge in [-0.15, -0.1) is 0 Å². The zero-order chi connectivity index (χ0) is 10.1. The van der Waals surface area contributed by atoms with Gasteiger partial charge in [-0.2, -0.15) is 0 Å². The molecule has 2 atom stereocenters. The van der Waals surface area contributed by atoms with Gasteiger partial charge in [-0.05, 0) is 0 Å². The highest BCUT2D eigenvalue weighted by Crippen LogP contribution is 2.24. The molecule has 1 unspecified atom stereocenters. The average molecular weight is 196 g/mol. The summed E-state index contributed by atoms with van der Waals surface area (Å²) in [5.74, 6) is 1.39. The lowest BCUT2D eigenvalue weighted by atomic mass is 10.1. The Labute approximate surface area is 83.5 Å². The second-order valence-corrected chi connectivity index (χ2v) is 4.02. The van der Waals surface area contributed by atoms with Crippen LogP contribution >= 0.6 is 0 Å². The van der Waals surface area contributed by atoms with Crippen molar-refractivity contribution in [1.82, 2.24) is 9.55 Å². The number of nitrogens with zero attached hydrogens (tertiary/aromatic N) is 2. The van der Waals surface area contributed by atoms with Gasteiger partial charge in [-0.3, -0.25) is 0 Å². The van der Waals surface area contributed by atoms with Gasteiger partial charge >= 0.3 is 0 Å². The fourth-order valence-electron chi connectivity index (χ4n) is 1.85. The maximum Gasteiger partial charge on any atom is 0.111 e. The summed E-state index contributed by atoms with van der Waals surface area (Å²) in [6, 6.07) is 0.0369. The van der Waals surface area contributed by atoms with Crippen molar-refractivity contribution in [1.29, 1.82) is 0 Å². The summed E-state index contributed by atoms with van der Waals surface area (Å²) in [4.78, 5) is 4.29. The lowest BCUT2D eigenvalue weighted by Crippen LogP contribution is -2.23. The second kappa shape index (κ2) is 3.71. The molecule has 1 aromatic heterocycles. The van der Waals surface area contributed by atoms with Crippen molar-refractivity contribution in [2.75, 3.05) is 13.2 Å². The van der Waals surface area contributed by atoms with E-state index in [1.54, 1.807) is 6.20 Å². The smallest absolute Gasteiger partial charge is 0.111 e. The summed E-state index contributed by atoms with van der Waals surface area (Å²) in [6.45, 7) is 5.21. The number of imidazole rings is 1. The van der Waals surface area contributed by atoms with Crippen molar-refractivity contribution >= 4 is 0 Å². The van der Waals surface area contributed by atoms with Crippen LogP contribution < -0.4 is 0 Å². The SMILES string of the molecule is CC(C)c1nccn1C1COC[C@H]1O. The van der Waals surface area contributed by atoms with Crippen molar-refractivity contribution in [2.45, 2.75) is 31.9 Å². The van der Waals surface area contributed by atoms with E-state index in [0.29, 0.717) is 19.1 Å². The number of hydrogen-bond donors (Lipinski definition) is 1. The van der Waals surface area contributed by atoms with E-state index in [1.165, 1.54) is 0 Å². The van der Waals surface area contributed by atoms with Gasteiger partial charge in [0.05, 0.1) is 19.3 Å². The third kappa shape index (κ3) is 1.55. The van der Waals surface area contributed by atoms with Gasteiger partial charge in [-0.25, -0.2) is 4.98 Å². The Balaban J connectivity index is 2.26. The van der Waals surface area contributed by atoms with E-state index in [2.05, 4.69) is 18.8 Å². The Morgan fingerprint density at radius 1 is 1.57 bits per heavy atom. The highest BCUT2D eigenvalue weighted by molar-refractivity contribution is 5.02. The molecule has 4 nitrogen and oxygen atoms in total. The van der Waals surface area contributed by atoms with Crippen molar-refractivity contribution in [3.8, 4) is 0 Å². The standard InChI is InChI=1S/C10H16N2O2/c1-7(2)10-11-3-4-12(10)8-5-14-6-9(8)13/h3-4,7-9,13H,5-6H2,1-2H3/t8?,9-/m1/s1. The summed E-state index contributed by atoms with van der Waals surface area (Å²) < 4.78 is 7.26. The minimum atomic E-state index is -0.401. The predicted molar refractivity (Wildman–Crippen MR) is 52.2 cm³/mol. The van der Waals surface area contributed by atoms with Gasteiger partial charge < -0.3 is 14.4 Å². The molecular formula is C10H16N2O2. The number of rotatable bonds is 2. The van der Waals surface area contributed by atoms with Gasteiger partial charge in [0, 0.05) is 18.3 Å². The maximum absolute atomic E-state index is 9.69. The summed E-state index contributed by atoms with van der Waals surface area (Å²) in [6.07, 6.45) is 3.29. The highest BCUT2D eigenvalue weighted by atomic mass is 16.5. The molecule has 0 amide bonds.